The maximum Gasteiger partial charge on any atom is 0.333 e. The number of aliphatic imine (C=N–C) groups is 1. The lowest BCUT2D eigenvalue weighted by atomic mass is 10.1. The third-order valence-corrected chi connectivity index (χ3v) is 4.40. The monoisotopic (exact) mass is 340 g/mol. The third kappa shape index (κ3) is 2.88. The molecule has 0 aliphatic rings. The lowest BCUT2D eigenvalue weighted by molar-refractivity contribution is 0.410. The molecule has 0 amide bonds. The van der Waals surface area contributed by atoms with Crippen molar-refractivity contribution in [2.24, 2.45) is 19.1 Å². The van der Waals surface area contributed by atoms with E-state index in [1.807, 2.05) is 30.5 Å². The van der Waals surface area contributed by atoms with Crippen LogP contribution in [0.25, 0.3) is 10.9 Å². The molecule has 0 aliphatic heterocycles. The van der Waals surface area contributed by atoms with Crippen molar-refractivity contribution in [1.29, 1.82) is 0 Å². The minimum Gasteiger partial charge on any atom is -0.494 e. The Labute approximate surface area is 143 Å². The molecule has 1 aromatic carbocycles. The molecule has 2 heterocycles. The van der Waals surface area contributed by atoms with Gasteiger partial charge in [-0.05, 0) is 25.0 Å². The molecule has 3 rings (SSSR count). The second-order valence-electron chi connectivity index (χ2n) is 5.98. The van der Waals surface area contributed by atoms with Crippen LogP contribution in [0.4, 0.5) is 0 Å². The standard InChI is InChI=1S/C18H20N4O3/c1-11(15-16(23)21(2)18(25)22(3)17(15)24)19-9-8-12-10-20-14-7-5-4-6-13(12)14/h4-7,10,20,23H,8-9H2,1-3H3. The summed E-state index contributed by atoms with van der Waals surface area (Å²) in [5.41, 5.74) is 1.57. The Hall–Kier alpha value is -3.09. The van der Waals surface area contributed by atoms with Crippen molar-refractivity contribution >= 4 is 16.6 Å². The summed E-state index contributed by atoms with van der Waals surface area (Å²) in [5.74, 6) is -0.360. The molecule has 7 nitrogen and oxygen atoms in total. The molecule has 0 fully saturated rings. The van der Waals surface area contributed by atoms with Gasteiger partial charge in [0.15, 0.2) is 0 Å². The zero-order valence-corrected chi connectivity index (χ0v) is 14.4. The highest BCUT2D eigenvalue weighted by molar-refractivity contribution is 6.00. The van der Waals surface area contributed by atoms with Crippen LogP contribution in [0.15, 0.2) is 45.0 Å². The van der Waals surface area contributed by atoms with E-state index in [9.17, 15) is 14.7 Å². The van der Waals surface area contributed by atoms with Crippen LogP contribution < -0.4 is 11.2 Å². The van der Waals surface area contributed by atoms with Crippen molar-refractivity contribution in [1.82, 2.24) is 14.1 Å². The van der Waals surface area contributed by atoms with E-state index in [-0.39, 0.29) is 11.4 Å². The summed E-state index contributed by atoms with van der Waals surface area (Å²) < 4.78 is 2.00. The van der Waals surface area contributed by atoms with Crippen LogP contribution in [-0.4, -0.2) is 31.5 Å². The molecule has 130 valence electrons. The molecule has 3 aromatic rings. The Balaban J connectivity index is 1.88. The molecule has 0 radical (unpaired) electrons. The maximum absolute atomic E-state index is 12.3. The number of hydrogen-bond acceptors (Lipinski definition) is 4. The SMILES string of the molecule is CC(=NCCc1c[nH]c2ccccc12)c1c(O)n(C)c(=O)n(C)c1=O. The van der Waals surface area contributed by atoms with Crippen LogP contribution in [0.3, 0.4) is 0 Å². The highest BCUT2D eigenvalue weighted by Gasteiger charge is 2.17. The quantitative estimate of drug-likeness (QED) is 0.702. The van der Waals surface area contributed by atoms with Crippen LogP contribution in [0.2, 0.25) is 0 Å². The number of H-pyrrole nitrogens is 1. The largest absolute Gasteiger partial charge is 0.494 e. The van der Waals surface area contributed by atoms with Gasteiger partial charge in [-0.3, -0.25) is 18.9 Å². The Morgan fingerprint density at radius 2 is 1.92 bits per heavy atom. The first-order valence-corrected chi connectivity index (χ1v) is 7.97. The molecule has 0 unspecified atom stereocenters. The fraction of sp³-hybridized carbons (Fsp3) is 0.278. The summed E-state index contributed by atoms with van der Waals surface area (Å²) in [4.78, 5) is 31.7. The highest BCUT2D eigenvalue weighted by atomic mass is 16.3. The van der Waals surface area contributed by atoms with Crippen LogP contribution in [-0.2, 0) is 20.5 Å². The van der Waals surface area contributed by atoms with Gasteiger partial charge in [0.25, 0.3) is 5.56 Å². The molecule has 0 saturated heterocycles. The zero-order chi connectivity index (χ0) is 18.1. The first kappa shape index (κ1) is 16.8. The highest BCUT2D eigenvalue weighted by Crippen LogP contribution is 2.18. The summed E-state index contributed by atoms with van der Waals surface area (Å²) in [5, 5.41) is 11.3. The van der Waals surface area contributed by atoms with Gasteiger partial charge in [0.1, 0.15) is 5.56 Å². The number of aromatic nitrogens is 3. The molecule has 25 heavy (non-hydrogen) atoms. The number of para-hydroxylation sites is 1. The minimum atomic E-state index is -0.571. The van der Waals surface area contributed by atoms with Gasteiger partial charge in [-0.2, -0.15) is 0 Å². The van der Waals surface area contributed by atoms with E-state index in [1.165, 1.54) is 14.1 Å². The van der Waals surface area contributed by atoms with Crippen molar-refractivity contribution in [3.8, 4) is 5.88 Å². The maximum atomic E-state index is 12.3. The second kappa shape index (κ2) is 6.43. The van der Waals surface area contributed by atoms with E-state index in [2.05, 4.69) is 9.98 Å². The summed E-state index contributed by atoms with van der Waals surface area (Å²) in [6.07, 6.45) is 2.66. The predicted molar refractivity (Wildman–Crippen MR) is 97.7 cm³/mol. The summed E-state index contributed by atoms with van der Waals surface area (Å²) in [6.45, 7) is 2.13. The Kier molecular flexibility index (Phi) is 4.31. The first-order chi connectivity index (χ1) is 11.9. The lowest BCUT2D eigenvalue weighted by Gasteiger charge is -2.10. The number of fused-ring (bicyclic) bond motifs is 1. The number of rotatable bonds is 4. The van der Waals surface area contributed by atoms with Gasteiger partial charge < -0.3 is 10.1 Å². The van der Waals surface area contributed by atoms with E-state index >= 15 is 0 Å². The molecule has 0 atom stereocenters. The van der Waals surface area contributed by atoms with Crippen LogP contribution in [0.5, 0.6) is 5.88 Å². The Morgan fingerprint density at radius 1 is 1.20 bits per heavy atom. The summed E-state index contributed by atoms with van der Waals surface area (Å²) >= 11 is 0. The van der Waals surface area contributed by atoms with E-state index in [0.29, 0.717) is 18.7 Å². The van der Waals surface area contributed by atoms with Crippen molar-refractivity contribution in [2.45, 2.75) is 13.3 Å². The van der Waals surface area contributed by atoms with Gasteiger partial charge in [0.2, 0.25) is 5.88 Å². The molecule has 7 heteroatoms. The van der Waals surface area contributed by atoms with Gasteiger partial charge in [-0.15, -0.1) is 0 Å². The molecule has 0 aliphatic carbocycles. The number of nitrogens with zero attached hydrogens (tertiary/aromatic N) is 3. The zero-order valence-electron chi connectivity index (χ0n) is 14.4. The van der Waals surface area contributed by atoms with Gasteiger partial charge in [-0.1, -0.05) is 18.2 Å². The molecular weight excluding hydrogens is 320 g/mol. The lowest BCUT2D eigenvalue weighted by Crippen LogP contribution is -2.39. The average molecular weight is 340 g/mol. The van der Waals surface area contributed by atoms with Crippen LogP contribution >= 0.6 is 0 Å². The molecule has 2 N–H and O–H groups in total. The smallest absolute Gasteiger partial charge is 0.333 e. The number of hydrogen-bond donors (Lipinski definition) is 2. The normalized spacial score (nSPS) is 12.0. The molecular formula is C18H20N4O3. The van der Waals surface area contributed by atoms with E-state index in [0.717, 1.165) is 25.6 Å². The number of nitrogens with one attached hydrogen (secondary N) is 1. The van der Waals surface area contributed by atoms with Crippen molar-refractivity contribution < 1.29 is 5.11 Å². The van der Waals surface area contributed by atoms with Gasteiger partial charge in [0, 0.05) is 43.5 Å². The molecule has 2 aromatic heterocycles. The van der Waals surface area contributed by atoms with E-state index in [4.69, 9.17) is 0 Å². The van der Waals surface area contributed by atoms with Crippen molar-refractivity contribution in [2.75, 3.05) is 6.54 Å². The fourth-order valence-electron chi connectivity index (χ4n) is 2.91. The molecule has 0 saturated carbocycles. The summed E-state index contributed by atoms with van der Waals surface area (Å²) in [7, 11) is 2.80. The van der Waals surface area contributed by atoms with Crippen molar-refractivity contribution in [3.05, 3.63) is 62.4 Å². The van der Waals surface area contributed by atoms with Crippen LogP contribution in [0, 0.1) is 0 Å². The fourth-order valence-corrected chi connectivity index (χ4v) is 2.91. The Morgan fingerprint density at radius 3 is 2.68 bits per heavy atom. The molecule has 0 spiro atoms. The number of aromatic hydroxyl groups is 1. The summed E-state index contributed by atoms with van der Waals surface area (Å²) in [6, 6.07) is 8.02. The number of benzene rings is 1. The number of aromatic amines is 1. The minimum absolute atomic E-state index is 0.0588. The first-order valence-electron chi connectivity index (χ1n) is 7.97. The van der Waals surface area contributed by atoms with Gasteiger partial charge in [0.05, 0.1) is 0 Å². The van der Waals surface area contributed by atoms with Gasteiger partial charge in [-0.25, -0.2) is 4.79 Å². The molecule has 0 bridgehead atoms. The van der Waals surface area contributed by atoms with Gasteiger partial charge >= 0.3 is 5.69 Å². The van der Waals surface area contributed by atoms with E-state index in [1.54, 1.807) is 6.92 Å². The average Bonchev–Trinajstić information content (AvgIpc) is 3.02. The van der Waals surface area contributed by atoms with Crippen LogP contribution in [0.1, 0.15) is 18.1 Å². The van der Waals surface area contributed by atoms with E-state index < -0.39 is 11.2 Å². The Bertz CT molecular complexity index is 1090. The topological polar surface area (TPSA) is 92.4 Å². The van der Waals surface area contributed by atoms with Crippen molar-refractivity contribution in [3.63, 3.8) is 0 Å². The third-order valence-electron chi connectivity index (χ3n) is 4.40. The second-order valence-corrected chi connectivity index (χ2v) is 5.98. The predicted octanol–water partition coefficient (Wildman–Crippen LogP) is 1.32.